The Morgan fingerprint density at radius 3 is 2.47 bits per heavy atom. The van der Waals surface area contributed by atoms with Gasteiger partial charge in [-0.2, -0.15) is 0 Å². The predicted molar refractivity (Wildman–Crippen MR) is 79.6 cm³/mol. The smallest absolute Gasteiger partial charge is 0.412 e. The predicted octanol–water partition coefficient (Wildman–Crippen LogP) is 4.76. The second kappa shape index (κ2) is 5.45. The summed E-state index contributed by atoms with van der Waals surface area (Å²) in [7, 11) is 0. The highest BCUT2D eigenvalue weighted by atomic mass is 32.1. The number of carbonyl (C=O) groups excluding carboxylic acids is 1. The molecule has 4 heteroatoms. The molecule has 2 rings (SSSR count). The van der Waals surface area contributed by atoms with Gasteiger partial charge in [0.15, 0.2) is 0 Å². The Bertz CT molecular complexity index is 555. The lowest BCUT2D eigenvalue weighted by molar-refractivity contribution is 0.0636. The van der Waals surface area contributed by atoms with E-state index in [2.05, 4.69) is 5.32 Å². The Morgan fingerprint density at radius 2 is 1.84 bits per heavy atom. The monoisotopic (exact) mass is 275 g/mol. The second-order valence-corrected chi connectivity index (χ2v) is 6.07. The topological polar surface area (TPSA) is 38.3 Å². The first-order valence-electron chi connectivity index (χ1n) is 6.08. The van der Waals surface area contributed by atoms with Crippen LogP contribution in [0.1, 0.15) is 20.8 Å². The highest BCUT2D eigenvalue weighted by Crippen LogP contribution is 2.33. The summed E-state index contributed by atoms with van der Waals surface area (Å²) in [5, 5.41) is 4.75. The molecule has 1 N–H and O–H groups in total. The molecule has 0 fully saturated rings. The molecule has 0 atom stereocenters. The molecule has 1 amide bonds. The molecule has 1 aromatic heterocycles. The molecule has 0 aliphatic heterocycles. The zero-order valence-corrected chi connectivity index (χ0v) is 12.1. The van der Waals surface area contributed by atoms with Crippen molar-refractivity contribution in [1.82, 2.24) is 0 Å². The number of thiophene rings is 1. The number of hydrogen-bond donors (Lipinski definition) is 1. The van der Waals surface area contributed by atoms with Crippen molar-refractivity contribution in [1.29, 1.82) is 0 Å². The third kappa shape index (κ3) is 3.83. The Balaban J connectivity index is 2.15. The van der Waals surface area contributed by atoms with Gasteiger partial charge < -0.3 is 4.74 Å². The molecule has 2 aromatic rings. The molecule has 1 aromatic carbocycles. The lowest BCUT2D eigenvalue weighted by atomic mass is 10.2. The van der Waals surface area contributed by atoms with Crippen LogP contribution in [0.3, 0.4) is 0 Å². The van der Waals surface area contributed by atoms with Gasteiger partial charge in [-0.05, 0) is 37.8 Å². The SMILES string of the molecule is CC(C)(C)OC(=O)Nc1ccsc1-c1ccccc1. The van der Waals surface area contributed by atoms with Crippen molar-refractivity contribution in [2.24, 2.45) is 0 Å². The van der Waals surface area contributed by atoms with Crippen molar-refractivity contribution in [3.05, 3.63) is 41.8 Å². The number of nitrogens with one attached hydrogen (secondary N) is 1. The first-order chi connectivity index (χ1) is 8.96. The Hall–Kier alpha value is -1.81. The first kappa shape index (κ1) is 13.6. The maximum Gasteiger partial charge on any atom is 0.412 e. The van der Waals surface area contributed by atoms with Gasteiger partial charge in [-0.3, -0.25) is 5.32 Å². The van der Waals surface area contributed by atoms with E-state index in [1.165, 1.54) is 0 Å². The standard InChI is InChI=1S/C15H17NO2S/c1-15(2,3)18-14(17)16-12-9-10-19-13(12)11-7-5-4-6-8-11/h4-10H,1-3H3,(H,16,17). The van der Waals surface area contributed by atoms with Crippen LogP contribution in [-0.4, -0.2) is 11.7 Å². The summed E-state index contributed by atoms with van der Waals surface area (Å²) < 4.78 is 5.26. The van der Waals surface area contributed by atoms with Gasteiger partial charge in [-0.25, -0.2) is 4.79 Å². The van der Waals surface area contributed by atoms with Gasteiger partial charge >= 0.3 is 6.09 Å². The largest absolute Gasteiger partial charge is 0.444 e. The van der Waals surface area contributed by atoms with E-state index in [9.17, 15) is 4.79 Å². The fourth-order valence-electron chi connectivity index (χ4n) is 1.63. The summed E-state index contributed by atoms with van der Waals surface area (Å²) >= 11 is 1.59. The maximum atomic E-state index is 11.8. The van der Waals surface area contributed by atoms with E-state index >= 15 is 0 Å². The van der Waals surface area contributed by atoms with Gasteiger partial charge in [0.2, 0.25) is 0 Å². The van der Waals surface area contributed by atoms with E-state index in [1.54, 1.807) is 11.3 Å². The quantitative estimate of drug-likeness (QED) is 0.858. The van der Waals surface area contributed by atoms with Gasteiger partial charge in [0.1, 0.15) is 5.60 Å². The summed E-state index contributed by atoms with van der Waals surface area (Å²) in [5.74, 6) is 0. The summed E-state index contributed by atoms with van der Waals surface area (Å²) in [4.78, 5) is 12.8. The van der Waals surface area contributed by atoms with Crippen LogP contribution in [0.4, 0.5) is 10.5 Å². The van der Waals surface area contributed by atoms with Crippen molar-refractivity contribution in [3.8, 4) is 10.4 Å². The van der Waals surface area contributed by atoms with E-state index in [-0.39, 0.29) is 0 Å². The molecule has 0 bridgehead atoms. The van der Waals surface area contributed by atoms with E-state index in [0.717, 1.165) is 16.1 Å². The zero-order valence-electron chi connectivity index (χ0n) is 11.3. The van der Waals surface area contributed by atoms with Gasteiger partial charge in [0, 0.05) is 0 Å². The molecule has 0 aliphatic carbocycles. The van der Waals surface area contributed by atoms with Gasteiger partial charge in [0.05, 0.1) is 10.6 Å². The third-order valence-corrected chi connectivity index (χ3v) is 3.30. The molecule has 0 aliphatic rings. The number of hydrogen-bond acceptors (Lipinski definition) is 3. The fourth-order valence-corrected chi connectivity index (χ4v) is 2.49. The lowest BCUT2D eigenvalue weighted by Gasteiger charge is -2.19. The summed E-state index contributed by atoms with van der Waals surface area (Å²) in [5.41, 5.74) is 1.38. The minimum Gasteiger partial charge on any atom is -0.444 e. The number of benzene rings is 1. The van der Waals surface area contributed by atoms with Crippen LogP contribution in [0.25, 0.3) is 10.4 Å². The number of ether oxygens (including phenoxy) is 1. The Morgan fingerprint density at radius 1 is 1.16 bits per heavy atom. The summed E-state index contributed by atoms with van der Waals surface area (Å²) in [6.45, 7) is 5.54. The number of rotatable bonds is 2. The highest BCUT2D eigenvalue weighted by Gasteiger charge is 2.17. The summed E-state index contributed by atoms with van der Waals surface area (Å²) in [6, 6.07) is 11.9. The minimum atomic E-state index is -0.493. The van der Waals surface area contributed by atoms with Crippen LogP contribution >= 0.6 is 11.3 Å². The second-order valence-electron chi connectivity index (χ2n) is 5.16. The van der Waals surface area contributed by atoms with Crippen molar-refractivity contribution in [3.63, 3.8) is 0 Å². The van der Waals surface area contributed by atoms with Crippen LogP contribution in [0.15, 0.2) is 41.8 Å². The number of anilines is 1. The fraction of sp³-hybridized carbons (Fsp3) is 0.267. The molecule has 0 saturated carbocycles. The zero-order chi connectivity index (χ0) is 13.9. The molecular weight excluding hydrogens is 258 g/mol. The van der Waals surface area contributed by atoms with Crippen LogP contribution in [-0.2, 0) is 4.74 Å². The lowest BCUT2D eigenvalue weighted by Crippen LogP contribution is -2.27. The van der Waals surface area contributed by atoms with Gasteiger partial charge in [-0.15, -0.1) is 11.3 Å². The highest BCUT2D eigenvalue weighted by molar-refractivity contribution is 7.14. The van der Waals surface area contributed by atoms with Gasteiger partial charge in [0.25, 0.3) is 0 Å². The molecule has 100 valence electrons. The average molecular weight is 275 g/mol. The number of amides is 1. The molecule has 3 nitrogen and oxygen atoms in total. The van der Waals surface area contributed by atoms with E-state index < -0.39 is 11.7 Å². The summed E-state index contributed by atoms with van der Waals surface area (Å²) in [6.07, 6.45) is -0.428. The molecule has 0 radical (unpaired) electrons. The average Bonchev–Trinajstić information content (AvgIpc) is 2.75. The minimum absolute atomic E-state index is 0.428. The third-order valence-electron chi connectivity index (χ3n) is 2.34. The normalized spacial score (nSPS) is 11.1. The molecule has 0 saturated heterocycles. The molecule has 1 heterocycles. The van der Waals surface area contributed by atoms with Crippen molar-refractivity contribution >= 4 is 23.1 Å². The van der Waals surface area contributed by atoms with E-state index in [0.29, 0.717) is 0 Å². The maximum absolute atomic E-state index is 11.8. The molecule has 19 heavy (non-hydrogen) atoms. The van der Waals surface area contributed by atoms with Gasteiger partial charge in [-0.1, -0.05) is 30.3 Å². The molecular formula is C15H17NO2S. The Kier molecular flexibility index (Phi) is 3.90. The van der Waals surface area contributed by atoms with Crippen LogP contribution < -0.4 is 5.32 Å². The van der Waals surface area contributed by atoms with E-state index in [1.807, 2.05) is 62.5 Å². The van der Waals surface area contributed by atoms with E-state index in [4.69, 9.17) is 4.74 Å². The molecule has 0 spiro atoms. The van der Waals surface area contributed by atoms with Crippen molar-refractivity contribution in [2.45, 2.75) is 26.4 Å². The number of carbonyl (C=O) groups is 1. The van der Waals surface area contributed by atoms with Crippen LogP contribution in [0.5, 0.6) is 0 Å². The molecule has 0 unspecified atom stereocenters. The Labute approximate surface area is 117 Å². The van der Waals surface area contributed by atoms with Crippen LogP contribution in [0.2, 0.25) is 0 Å². The van der Waals surface area contributed by atoms with Crippen LogP contribution in [0, 0.1) is 0 Å². The van der Waals surface area contributed by atoms with Crippen molar-refractivity contribution in [2.75, 3.05) is 5.32 Å². The first-order valence-corrected chi connectivity index (χ1v) is 6.96. The van der Waals surface area contributed by atoms with Crippen molar-refractivity contribution < 1.29 is 9.53 Å².